The number of fused-ring (bicyclic) bond motifs is 1. The highest BCUT2D eigenvalue weighted by atomic mass is 32.2. The number of benzene rings is 2. The lowest BCUT2D eigenvalue weighted by atomic mass is 10.0. The van der Waals surface area contributed by atoms with Gasteiger partial charge in [-0.15, -0.1) is 0 Å². The molecule has 1 aliphatic heterocycles. The molecule has 2 atom stereocenters. The molecule has 0 unspecified atom stereocenters. The molecule has 8 nitrogen and oxygen atoms in total. The van der Waals surface area contributed by atoms with Crippen LogP contribution < -0.4 is 5.32 Å². The Bertz CT molecular complexity index is 1250. The maximum absolute atomic E-state index is 13.2. The van der Waals surface area contributed by atoms with E-state index in [1.807, 2.05) is 6.92 Å². The lowest BCUT2D eigenvalue weighted by Crippen LogP contribution is -2.32. The number of para-hydroxylation sites is 1. The second kappa shape index (κ2) is 8.16. The Hall–Kier alpha value is -3.17. The largest absolute Gasteiger partial charge is 0.481 e. The molecule has 0 amide bonds. The van der Waals surface area contributed by atoms with Crippen LogP contribution in [0.2, 0.25) is 0 Å². The number of hydrogen-bond donors (Lipinski definition) is 3. The average Bonchev–Trinajstić information content (AvgIpc) is 3.34. The van der Waals surface area contributed by atoms with Crippen LogP contribution in [0.4, 0.5) is 5.69 Å². The molecule has 162 valence electrons. The van der Waals surface area contributed by atoms with E-state index in [4.69, 9.17) is 14.9 Å². The van der Waals surface area contributed by atoms with Gasteiger partial charge in [0.05, 0.1) is 23.3 Å². The van der Waals surface area contributed by atoms with E-state index < -0.39 is 16.0 Å². The number of carbonyl (C=O) groups is 1. The summed E-state index contributed by atoms with van der Waals surface area (Å²) in [6.07, 6.45) is 1.15. The fraction of sp³-hybridized carbons (Fsp3) is 0.273. The minimum Gasteiger partial charge on any atom is -0.481 e. The summed E-state index contributed by atoms with van der Waals surface area (Å²) in [7, 11) is -3.68. The Morgan fingerprint density at radius 2 is 2.00 bits per heavy atom. The van der Waals surface area contributed by atoms with Gasteiger partial charge >= 0.3 is 5.97 Å². The van der Waals surface area contributed by atoms with Crippen molar-refractivity contribution in [2.24, 2.45) is 5.92 Å². The van der Waals surface area contributed by atoms with Crippen LogP contribution in [-0.2, 0) is 14.8 Å². The summed E-state index contributed by atoms with van der Waals surface area (Å²) in [4.78, 5) is 11.2. The van der Waals surface area contributed by atoms with Gasteiger partial charge in [-0.05, 0) is 36.2 Å². The van der Waals surface area contributed by atoms with Crippen molar-refractivity contribution in [3.63, 3.8) is 0 Å². The first-order chi connectivity index (χ1) is 14.8. The van der Waals surface area contributed by atoms with Crippen LogP contribution in [0.5, 0.6) is 0 Å². The number of anilines is 1. The molecule has 0 radical (unpaired) electrons. The lowest BCUT2D eigenvalue weighted by molar-refractivity contribution is -0.135. The van der Waals surface area contributed by atoms with Crippen molar-refractivity contribution in [2.75, 3.05) is 18.4 Å². The number of nitrogens with one attached hydrogen (secondary N) is 2. The van der Waals surface area contributed by atoms with Gasteiger partial charge in [0.1, 0.15) is 5.58 Å². The number of furan rings is 1. The fourth-order valence-corrected chi connectivity index (χ4v) is 5.48. The van der Waals surface area contributed by atoms with Crippen LogP contribution in [-0.4, -0.2) is 48.6 Å². The predicted octanol–water partition coefficient (Wildman–Crippen LogP) is 3.40. The van der Waals surface area contributed by atoms with Gasteiger partial charge in [0, 0.05) is 35.8 Å². The van der Waals surface area contributed by atoms with Crippen molar-refractivity contribution in [3.05, 3.63) is 60.4 Å². The Balaban J connectivity index is 1.54. The second-order valence-electron chi connectivity index (χ2n) is 7.77. The van der Waals surface area contributed by atoms with Crippen LogP contribution >= 0.6 is 0 Å². The Kier molecular flexibility index (Phi) is 5.55. The normalized spacial score (nSPS) is 19.5. The van der Waals surface area contributed by atoms with Crippen molar-refractivity contribution < 1.29 is 22.7 Å². The average molecular weight is 442 g/mol. The number of carboxylic acid groups (broad SMARTS) is 1. The molecular weight excluding hydrogens is 418 g/mol. The minimum atomic E-state index is -3.68. The molecule has 0 saturated carbocycles. The number of hydrogen-bond acceptors (Lipinski definition) is 6. The summed E-state index contributed by atoms with van der Waals surface area (Å²) >= 11 is 0. The van der Waals surface area contributed by atoms with E-state index >= 15 is 0 Å². The van der Waals surface area contributed by atoms with Gasteiger partial charge in [0.15, 0.2) is 0 Å². The molecule has 3 aromatic rings. The quantitative estimate of drug-likeness (QED) is 0.483. The van der Waals surface area contributed by atoms with E-state index in [2.05, 4.69) is 5.32 Å². The van der Waals surface area contributed by atoms with Crippen LogP contribution in [0.25, 0.3) is 11.0 Å². The van der Waals surface area contributed by atoms with E-state index in [-0.39, 0.29) is 35.5 Å². The minimum absolute atomic E-state index is 0.000794. The van der Waals surface area contributed by atoms with Crippen molar-refractivity contribution in [3.8, 4) is 0 Å². The first-order valence-electron chi connectivity index (χ1n) is 9.88. The van der Waals surface area contributed by atoms with Crippen LogP contribution in [0.1, 0.15) is 18.9 Å². The van der Waals surface area contributed by atoms with E-state index in [1.54, 1.807) is 48.5 Å². The summed E-state index contributed by atoms with van der Waals surface area (Å²) in [5, 5.41) is 21.2. The van der Waals surface area contributed by atoms with Gasteiger partial charge in [-0.3, -0.25) is 4.79 Å². The Labute approximate surface area is 180 Å². The van der Waals surface area contributed by atoms with E-state index in [9.17, 15) is 13.2 Å². The number of aliphatic carboxylic acids is 1. The van der Waals surface area contributed by atoms with Gasteiger partial charge in [-0.1, -0.05) is 25.1 Å². The summed E-state index contributed by atoms with van der Waals surface area (Å²) < 4.78 is 33.2. The van der Waals surface area contributed by atoms with E-state index in [1.165, 1.54) is 10.6 Å². The summed E-state index contributed by atoms with van der Waals surface area (Å²) in [5.41, 5.74) is 1.77. The van der Waals surface area contributed by atoms with Crippen molar-refractivity contribution in [1.82, 2.24) is 4.31 Å². The molecule has 0 aliphatic carbocycles. The summed E-state index contributed by atoms with van der Waals surface area (Å²) in [6, 6.07) is 13.4. The van der Waals surface area contributed by atoms with Gasteiger partial charge in [-0.25, -0.2) is 8.42 Å². The van der Waals surface area contributed by atoms with Crippen molar-refractivity contribution in [2.45, 2.75) is 24.3 Å². The molecule has 1 aromatic heterocycles. The van der Waals surface area contributed by atoms with Gasteiger partial charge in [0.2, 0.25) is 10.0 Å². The fourth-order valence-electron chi connectivity index (χ4n) is 3.88. The third kappa shape index (κ3) is 4.19. The number of sulfonamides is 1. The molecule has 1 fully saturated rings. The maximum atomic E-state index is 13.2. The standard InChI is InChI=1S/C22H23N3O5S/c1-14-12-25(31(28,29)16-6-7-21-15(10-16)8-9-30-21)13-20(14)24-19-5-3-2-4-17(19)18(23)11-22(26)27/h2-10,14,20,23-24H,11-13H2,1H3,(H,26,27)/t14-,20+/m1/s1. The molecular formula is C22H23N3O5S. The Morgan fingerprint density at radius 3 is 2.77 bits per heavy atom. The highest BCUT2D eigenvalue weighted by Gasteiger charge is 2.37. The van der Waals surface area contributed by atoms with Crippen molar-refractivity contribution >= 4 is 38.4 Å². The summed E-state index contributed by atoms with van der Waals surface area (Å²) in [5.74, 6) is -1.05. The topological polar surface area (TPSA) is 124 Å². The molecule has 9 heteroatoms. The molecule has 1 aliphatic rings. The molecule has 0 spiro atoms. The predicted molar refractivity (Wildman–Crippen MR) is 117 cm³/mol. The van der Waals surface area contributed by atoms with Crippen LogP contribution in [0.15, 0.2) is 64.1 Å². The zero-order chi connectivity index (χ0) is 22.2. The van der Waals surface area contributed by atoms with Gasteiger partial charge in [0.25, 0.3) is 0 Å². The monoisotopic (exact) mass is 441 g/mol. The highest BCUT2D eigenvalue weighted by molar-refractivity contribution is 7.89. The zero-order valence-electron chi connectivity index (χ0n) is 16.9. The number of rotatable bonds is 7. The van der Waals surface area contributed by atoms with E-state index in [0.29, 0.717) is 23.4 Å². The molecule has 2 aromatic carbocycles. The third-order valence-corrected chi connectivity index (χ3v) is 7.39. The second-order valence-corrected chi connectivity index (χ2v) is 9.70. The van der Waals surface area contributed by atoms with Gasteiger partial charge in [-0.2, -0.15) is 4.31 Å². The van der Waals surface area contributed by atoms with Gasteiger partial charge < -0.3 is 20.2 Å². The smallest absolute Gasteiger partial charge is 0.309 e. The lowest BCUT2D eigenvalue weighted by Gasteiger charge is -2.21. The molecule has 3 N–H and O–H groups in total. The number of nitrogens with zero attached hydrogens (tertiary/aromatic N) is 1. The first kappa shape index (κ1) is 21.1. The maximum Gasteiger partial charge on any atom is 0.309 e. The van der Waals surface area contributed by atoms with Crippen LogP contribution in [0, 0.1) is 11.3 Å². The zero-order valence-corrected chi connectivity index (χ0v) is 17.7. The Morgan fingerprint density at radius 1 is 1.23 bits per heavy atom. The molecule has 1 saturated heterocycles. The molecule has 0 bridgehead atoms. The first-order valence-corrected chi connectivity index (χ1v) is 11.3. The van der Waals surface area contributed by atoms with E-state index in [0.717, 1.165) is 5.39 Å². The molecule has 4 rings (SSSR count). The third-order valence-electron chi connectivity index (χ3n) is 5.56. The molecule has 2 heterocycles. The highest BCUT2D eigenvalue weighted by Crippen LogP contribution is 2.29. The van der Waals surface area contributed by atoms with Crippen LogP contribution in [0.3, 0.4) is 0 Å². The number of carboxylic acids is 1. The SMILES string of the molecule is C[C@@H]1CN(S(=O)(=O)c2ccc3occc3c2)C[C@@H]1Nc1ccccc1C(=N)CC(=O)O. The molecule has 31 heavy (non-hydrogen) atoms. The summed E-state index contributed by atoms with van der Waals surface area (Å²) in [6.45, 7) is 2.60. The van der Waals surface area contributed by atoms with Crippen molar-refractivity contribution in [1.29, 1.82) is 5.41 Å².